The van der Waals surface area contributed by atoms with Gasteiger partial charge in [0.05, 0.1) is 24.3 Å². The fourth-order valence-corrected chi connectivity index (χ4v) is 2.46. The molecule has 0 aliphatic carbocycles. The van der Waals surface area contributed by atoms with Crippen LogP contribution in [0.4, 0.5) is 0 Å². The summed E-state index contributed by atoms with van der Waals surface area (Å²) in [6.45, 7) is 3.45. The SMILES string of the molecule is CC1(C)O[C@@H]2[C@@H](CO)OC(/C(C#N)=C/NCC#N)[C@@H]2O1. The topological polar surface area (TPSA) is 108 Å². The lowest BCUT2D eigenvalue weighted by molar-refractivity contribution is -0.185. The molecule has 2 N–H and O–H groups in total. The number of nitrogens with one attached hydrogen (secondary N) is 1. The van der Waals surface area contributed by atoms with Gasteiger partial charge in [0.2, 0.25) is 0 Å². The van der Waals surface area contributed by atoms with E-state index in [1.54, 1.807) is 13.8 Å². The van der Waals surface area contributed by atoms with Crippen LogP contribution in [0.2, 0.25) is 0 Å². The Morgan fingerprint density at radius 3 is 2.65 bits per heavy atom. The minimum atomic E-state index is -0.772. The van der Waals surface area contributed by atoms with Gasteiger partial charge in [0, 0.05) is 6.20 Å². The summed E-state index contributed by atoms with van der Waals surface area (Å²) in [7, 11) is 0. The van der Waals surface area contributed by atoms with Gasteiger partial charge in [-0.25, -0.2) is 0 Å². The molecule has 4 atom stereocenters. The molecule has 0 radical (unpaired) electrons. The maximum absolute atomic E-state index is 9.35. The number of ether oxygens (including phenoxy) is 3. The number of fused-ring (bicyclic) bond motifs is 1. The van der Waals surface area contributed by atoms with Crippen molar-refractivity contribution >= 4 is 0 Å². The van der Waals surface area contributed by atoms with Gasteiger partial charge in [0.25, 0.3) is 0 Å². The molecule has 2 heterocycles. The number of hydrogen-bond donors (Lipinski definition) is 2. The molecule has 2 fully saturated rings. The first kappa shape index (κ1) is 14.8. The van der Waals surface area contributed by atoms with E-state index in [0.717, 1.165) is 0 Å². The van der Waals surface area contributed by atoms with Gasteiger partial charge >= 0.3 is 0 Å². The molecule has 2 rings (SSSR count). The Morgan fingerprint density at radius 1 is 1.35 bits per heavy atom. The largest absolute Gasteiger partial charge is 0.394 e. The van der Waals surface area contributed by atoms with Crippen LogP contribution < -0.4 is 5.32 Å². The van der Waals surface area contributed by atoms with E-state index in [1.165, 1.54) is 6.20 Å². The van der Waals surface area contributed by atoms with Gasteiger partial charge in [-0.3, -0.25) is 0 Å². The summed E-state index contributed by atoms with van der Waals surface area (Å²) in [6.07, 6.45) is -0.557. The third-order valence-electron chi connectivity index (χ3n) is 3.20. The van der Waals surface area contributed by atoms with E-state index in [1.807, 2.05) is 12.1 Å². The molecule has 2 saturated heterocycles. The number of hydrogen-bond acceptors (Lipinski definition) is 7. The second-order valence-corrected chi connectivity index (χ2v) is 5.09. The third-order valence-corrected chi connectivity index (χ3v) is 3.20. The van der Waals surface area contributed by atoms with Crippen LogP contribution in [-0.2, 0) is 14.2 Å². The fraction of sp³-hybridized carbons (Fsp3) is 0.692. The normalized spacial score (nSPS) is 35.1. The summed E-state index contributed by atoms with van der Waals surface area (Å²) >= 11 is 0. The van der Waals surface area contributed by atoms with Crippen molar-refractivity contribution in [1.29, 1.82) is 10.5 Å². The van der Waals surface area contributed by atoms with Crippen LogP contribution in [0.1, 0.15) is 13.8 Å². The van der Waals surface area contributed by atoms with E-state index in [-0.39, 0.29) is 13.2 Å². The van der Waals surface area contributed by atoms with E-state index in [2.05, 4.69) is 5.32 Å². The van der Waals surface area contributed by atoms with E-state index in [9.17, 15) is 10.4 Å². The number of nitriles is 2. The molecule has 20 heavy (non-hydrogen) atoms. The van der Waals surface area contributed by atoms with Gasteiger partial charge in [-0.2, -0.15) is 10.5 Å². The van der Waals surface area contributed by atoms with Crippen molar-refractivity contribution in [3.05, 3.63) is 11.8 Å². The second-order valence-electron chi connectivity index (χ2n) is 5.09. The zero-order chi connectivity index (χ0) is 14.8. The van der Waals surface area contributed by atoms with Crippen LogP contribution in [0.15, 0.2) is 11.8 Å². The molecular weight excluding hydrogens is 262 g/mol. The van der Waals surface area contributed by atoms with Gasteiger partial charge in [-0.05, 0) is 13.8 Å². The molecule has 108 valence electrons. The first-order chi connectivity index (χ1) is 9.52. The van der Waals surface area contributed by atoms with Crippen molar-refractivity contribution in [1.82, 2.24) is 5.32 Å². The molecule has 7 heteroatoms. The van der Waals surface area contributed by atoms with Gasteiger partial charge in [0.15, 0.2) is 5.79 Å². The average Bonchev–Trinajstić information content (AvgIpc) is 2.88. The van der Waals surface area contributed by atoms with Crippen molar-refractivity contribution in [2.45, 2.75) is 44.1 Å². The van der Waals surface area contributed by atoms with E-state index in [4.69, 9.17) is 19.5 Å². The summed E-state index contributed by atoms with van der Waals surface area (Å²) in [5.41, 5.74) is 0.313. The Bertz CT molecular complexity index is 477. The summed E-state index contributed by atoms with van der Waals surface area (Å²) < 4.78 is 17.1. The lowest BCUT2D eigenvalue weighted by atomic mass is 10.0. The van der Waals surface area contributed by atoms with Crippen LogP contribution in [0, 0.1) is 22.7 Å². The Kier molecular flexibility index (Phi) is 4.26. The smallest absolute Gasteiger partial charge is 0.164 e. The van der Waals surface area contributed by atoms with E-state index >= 15 is 0 Å². The van der Waals surface area contributed by atoms with E-state index in [0.29, 0.717) is 5.57 Å². The lowest BCUT2D eigenvalue weighted by Gasteiger charge is -2.23. The predicted octanol–water partition coefficient (Wildman–Crippen LogP) is -0.213. The van der Waals surface area contributed by atoms with Gasteiger partial charge < -0.3 is 24.6 Å². The lowest BCUT2D eigenvalue weighted by Crippen LogP contribution is -2.32. The highest BCUT2D eigenvalue weighted by Crippen LogP contribution is 2.40. The molecule has 0 aromatic rings. The highest BCUT2D eigenvalue weighted by atomic mass is 16.8. The number of nitrogens with zero attached hydrogens (tertiary/aromatic N) is 2. The summed E-state index contributed by atoms with van der Waals surface area (Å²) in [5.74, 6) is -0.772. The first-order valence-corrected chi connectivity index (χ1v) is 6.35. The molecule has 1 unspecified atom stereocenters. The average molecular weight is 279 g/mol. The van der Waals surface area contributed by atoms with Crippen LogP contribution in [-0.4, -0.2) is 48.5 Å². The molecule has 0 aromatic heterocycles. The molecule has 0 aromatic carbocycles. The van der Waals surface area contributed by atoms with Crippen molar-refractivity contribution in [3.8, 4) is 12.1 Å². The maximum atomic E-state index is 9.35. The van der Waals surface area contributed by atoms with Crippen molar-refractivity contribution in [3.63, 3.8) is 0 Å². The maximum Gasteiger partial charge on any atom is 0.164 e. The summed E-state index contributed by atoms with van der Waals surface area (Å²) in [5, 5.41) is 29.8. The number of rotatable bonds is 4. The fourth-order valence-electron chi connectivity index (χ4n) is 2.46. The molecule has 7 nitrogen and oxygen atoms in total. The standard InChI is InChI=1S/C13H17N3O4/c1-13(2)19-11-9(7-17)18-10(12(11)20-13)8(5-15)6-16-4-3-14/h6,9-12,16-17H,4,7H2,1-2H3/b8-6+/t9-,10?,11-,12+/m1/s1. The zero-order valence-electron chi connectivity index (χ0n) is 11.4. The minimum Gasteiger partial charge on any atom is -0.394 e. The highest BCUT2D eigenvalue weighted by Gasteiger charge is 2.55. The Morgan fingerprint density at radius 2 is 2.05 bits per heavy atom. The minimum absolute atomic E-state index is 0.0955. The Labute approximate surface area is 117 Å². The van der Waals surface area contributed by atoms with Crippen LogP contribution in [0.25, 0.3) is 0 Å². The first-order valence-electron chi connectivity index (χ1n) is 6.35. The quantitative estimate of drug-likeness (QED) is 0.416. The molecule has 2 aliphatic heterocycles. The molecule has 0 spiro atoms. The number of aliphatic hydroxyl groups is 1. The molecular formula is C13H17N3O4. The summed E-state index contributed by atoms with van der Waals surface area (Å²) in [4.78, 5) is 0. The number of aliphatic hydroxyl groups excluding tert-OH is 1. The van der Waals surface area contributed by atoms with Crippen LogP contribution in [0.5, 0.6) is 0 Å². The van der Waals surface area contributed by atoms with Crippen molar-refractivity contribution in [2.24, 2.45) is 0 Å². The predicted molar refractivity (Wildman–Crippen MR) is 66.9 cm³/mol. The molecule has 2 aliphatic rings. The van der Waals surface area contributed by atoms with Crippen molar-refractivity contribution < 1.29 is 19.3 Å². The van der Waals surface area contributed by atoms with Gasteiger partial charge in [-0.15, -0.1) is 0 Å². The molecule has 0 saturated carbocycles. The molecule has 0 bridgehead atoms. The van der Waals surface area contributed by atoms with Crippen LogP contribution in [0.3, 0.4) is 0 Å². The monoisotopic (exact) mass is 279 g/mol. The highest BCUT2D eigenvalue weighted by molar-refractivity contribution is 5.29. The Hall–Kier alpha value is -1.64. The van der Waals surface area contributed by atoms with Crippen LogP contribution >= 0.6 is 0 Å². The second kappa shape index (κ2) is 5.78. The zero-order valence-corrected chi connectivity index (χ0v) is 11.4. The summed E-state index contributed by atoms with van der Waals surface area (Å²) in [6, 6.07) is 3.95. The Balaban J connectivity index is 2.18. The van der Waals surface area contributed by atoms with Gasteiger partial charge in [-0.1, -0.05) is 0 Å². The van der Waals surface area contributed by atoms with E-state index < -0.39 is 30.2 Å². The van der Waals surface area contributed by atoms with Crippen molar-refractivity contribution in [2.75, 3.05) is 13.2 Å². The van der Waals surface area contributed by atoms with Gasteiger partial charge in [0.1, 0.15) is 31.0 Å². The third kappa shape index (κ3) is 2.77. The molecule has 0 amide bonds.